The van der Waals surface area contributed by atoms with E-state index in [1.165, 1.54) is 0 Å². The average molecular weight is 188 g/mol. The molecule has 0 aromatic rings. The highest BCUT2D eigenvalue weighted by atomic mass is 32.3. The minimum Gasteiger partial charge on any atom is -0.227 e. The van der Waals surface area contributed by atoms with E-state index in [-0.39, 0.29) is 6.42 Å². The van der Waals surface area contributed by atoms with E-state index in [1.807, 2.05) is 0 Å². The molecule has 0 spiro atoms. The Labute approximate surface area is 65.3 Å². The van der Waals surface area contributed by atoms with Crippen LogP contribution >= 0.6 is 12.9 Å². The van der Waals surface area contributed by atoms with Gasteiger partial charge >= 0.3 is 10.1 Å². The summed E-state index contributed by atoms with van der Waals surface area (Å²) in [6.45, 7) is 1.68. The molecule has 0 saturated heterocycles. The van der Waals surface area contributed by atoms with Gasteiger partial charge in [-0.1, -0.05) is 13.3 Å². The fourth-order valence-corrected chi connectivity index (χ4v) is 1.32. The maximum Gasteiger partial charge on any atom is 0.310 e. The molecule has 0 fully saturated rings. The lowest BCUT2D eigenvalue weighted by molar-refractivity contribution is 0.370. The van der Waals surface area contributed by atoms with Crippen LogP contribution in [0.25, 0.3) is 0 Å². The molecular weight excluding hydrogens is 179 g/mol. The molecule has 0 aliphatic heterocycles. The van der Waals surface area contributed by atoms with E-state index >= 15 is 0 Å². The van der Waals surface area contributed by atoms with Crippen molar-refractivity contribution in [2.45, 2.75) is 25.3 Å². The normalized spacial score (nSPS) is 15.1. The minimum absolute atomic E-state index is 0.0527. The van der Waals surface area contributed by atoms with Crippen molar-refractivity contribution in [2.75, 3.05) is 0 Å². The Bertz CT molecular complexity index is 177. The SMILES string of the molecule is CCCC(F)S(=O)(=O)OS. The van der Waals surface area contributed by atoms with Crippen molar-refractivity contribution in [3.8, 4) is 0 Å². The van der Waals surface area contributed by atoms with Crippen LogP contribution in [0.1, 0.15) is 19.8 Å². The van der Waals surface area contributed by atoms with E-state index in [2.05, 4.69) is 16.5 Å². The first-order valence-corrected chi connectivity index (χ1v) is 4.59. The molecule has 0 aliphatic rings. The summed E-state index contributed by atoms with van der Waals surface area (Å²) in [7, 11) is -4.06. The molecule has 0 amide bonds. The van der Waals surface area contributed by atoms with Gasteiger partial charge in [-0.2, -0.15) is 12.0 Å². The van der Waals surface area contributed by atoms with Gasteiger partial charge in [-0.05, 0) is 19.3 Å². The summed E-state index contributed by atoms with van der Waals surface area (Å²) in [5, 5.41) is 0. The number of hydrogen-bond donors (Lipinski definition) is 1. The highest BCUT2D eigenvalue weighted by Crippen LogP contribution is 2.12. The van der Waals surface area contributed by atoms with Gasteiger partial charge in [-0.3, -0.25) is 0 Å². The lowest BCUT2D eigenvalue weighted by Gasteiger charge is -2.03. The molecule has 0 radical (unpaired) electrons. The van der Waals surface area contributed by atoms with Crippen LogP contribution in [0.5, 0.6) is 0 Å². The maximum atomic E-state index is 12.4. The third-order valence-corrected chi connectivity index (χ3v) is 2.63. The predicted octanol–water partition coefficient (Wildman–Crippen LogP) is 1.27. The molecule has 0 N–H and O–H groups in total. The van der Waals surface area contributed by atoms with Crippen LogP contribution in [0.15, 0.2) is 0 Å². The molecule has 10 heavy (non-hydrogen) atoms. The Balaban J connectivity index is 4.06. The first-order valence-electron chi connectivity index (χ1n) is 2.75. The molecule has 0 aromatic carbocycles. The Morgan fingerprint density at radius 1 is 1.70 bits per heavy atom. The molecule has 0 aliphatic carbocycles. The molecule has 0 heterocycles. The van der Waals surface area contributed by atoms with Crippen LogP contribution in [0, 0.1) is 0 Å². The molecule has 6 heteroatoms. The van der Waals surface area contributed by atoms with Gasteiger partial charge in [0.05, 0.1) is 0 Å². The zero-order valence-corrected chi connectivity index (χ0v) is 7.16. The molecule has 0 saturated carbocycles. The van der Waals surface area contributed by atoms with Crippen molar-refractivity contribution in [3.63, 3.8) is 0 Å². The molecule has 62 valence electrons. The van der Waals surface area contributed by atoms with Crippen LogP contribution in [-0.2, 0) is 13.7 Å². The Hall–Kier alpha value is 0.190. The fraction of sp³-hybridized carbons (Fsp3) is 1.00. The number of rotatable bonds is 4. The van der Waals surface area contributed by atoms with Crippen molar-refractivity contribution in [1.82, 2.24) is 0 Å². The van der Waals surface area contributed by atoms with E-state index in [4.69, 9.17) is 0 Å². The average Bonchev–Trinajstić information content (AvgIpc) is 1.89. The Kier molecular flexibility index (Phi) is 4.23. The van der Waals surface area contributed by atoms with Crippen LogP contribution in [0.2, 0.25) is 0 Å². The smallest absolute Gasteiger partial charge is 0.227 e. The summed E-state index contributed by atoms with van der Waals surface area (Å²) in [5.41, 5.74) is -1.95. The molecule has 0 aromatic heterocycles. The first-order chi connectivity index (χ1) is 4.54. The third-order valence-electron chi connectivity index (χ3n) is 0.933. The summed E-state index contributed by atoms with van der Waals surface area (Å²) >= 11 is 3.01. The standard InChI is InChI=1S/C4H9FO3S2/c1-2-3-4(5)10(6,7)8-9/h4,9H,2-3H2,1H3. The summed E-state index contributed by atoms with van der Waals surface area (Å²) < 4.78 is 36.9. The van der Waals surface area contributed by atoms with Gasteiger partial charge in [-0.25, -0.2) is 4.39 Å². The number of thiol groups is 1. The van der Waals surface area contributed by atoms with Crippen molar-refractivity contribution in [3.05, 3.63) is 0 Å². The van der Waals surface area contributed by atoms with Crippen molar-refractivity contribution in [2.24, 2.45) is 0 Å². The first kappa shape index (κ1) is 10.2. The van der Waals surface area contributed by atoms with E-state index in [1.54, 1.807) is 6.92 Å². The highest BCUT2D eigenvalue weighted by Gasteiger charge is 2.23. The monoisotopic (exact) mass is 188 g/mol. The summed E-state index contributed by atoms with van der Waals surface area (Å²) in [6.07, 6.45) is 0.403. The second-order valence-corrected chi connectivity index (χ2v) is 3.86. The third kappa shape index (κ3) is 2.85. The van der Waals surface area contributed by atoms with Gasteiger partial charge in [0.25, 0.3) is 0 Å². The summed E-state index contributed by atoms with van der Waals surface area (Å²) in [5.74, 6) is 0. The van der Waals surface area contributed by atoms with Crippen molar-refractivity contribution >= 4 is 23.0 Å². The fourth-order valence-electron chi connectivity index (χ4n) is 0.418. The summed E-state index contributed by atoms with van der Waals surface area (Å²) in [4.78, 5) is 0. The van der Waals surface area contributed by atoms with Gasteiger partial charge in [0.2, 0.25) is 5.50 Å². The molecule has 1 atom stereocenters. The van der Waals surface area contributed by atoms with Gasteiger partial charge in [-0.15, -0.1) is 0 Å². The van der Waals surface area contributed by atoms with Crippen LogP contribution in [0.3, 0.4) is 0 Å². The molecular formula is C4H9FO3S2. The zero-order valence-electron chi connectivity index (χ0n) is 5.45. The highest BCUT2D eigenvalue weighted by molar-refractivity contribution is 7.95. The van der Waals surface area contributed by atoms with Gasteiger partial charge in [0.15, 0.2) is 0 Å². The second-order valence-electron chi connectivity index (χ2n) is 1.77. The van der Waals surface area contributed by atoms with E-state index in [0.29, 0.717) is 6.42 Å². The van der Waals surface area contributed by atoms with Crippen molar-refractivity contribution in [1.29, 1.82) is 0 Å². The predicted molar refractivity (Wildman–Crippen MR) is 38.8 cm³/mol. The molecule has 0 bridgehead atoms. The lowest BCUT2D eigenvalue weighted by atomic mass is 10.4. The minimum atomic E-state index is -4.06. The van der Waals surface area contributed by atoms with Crippen LogP contribution < -0.4 is 0 Å². The van der Waals surface area contributed by atoms with Crippen molar-refractivity contribution < 1.29 is 16.4 Å². The maximum absolute atomic E-state index is 12.4. The molecule has 1 unspecified atom stereocenters. The molecule has 0 rings (SSSR count). The zero-order chi connectivity index (χ0) is 8.20. The van der Waals surface area contributed by atoms with E-state index in [0.717, 1.165) is 0 Å². The number of halogens is 1. The lowest BCUT2D eigenvalue weighted by Crippen LogP contribution is -2.15. The number of alkyl halides is 1. The van der Waals surface area contributed by atoms with Gasteiger partial charge in [0.1, 0.15) is 0 Å². The van der Waals surface area contributed by atoms with E-state index in [9.17, 15) is 12.8 Å². The topological polar surface area (TPSA) is 43.4 Å². The Morgan fingerprint density at radius 3 is 2.50 bits per heavy atom. The van der Waals surface area contributed by atoms with Gasteiger partial charge in [0, 0.05) is 0 Å². The van der Waals surface area contributed by atoms with Crippen LogP contribution in [-0.4, -0.2) is 13.9 Å². The van der Waals surface area contributed by atoms with Gasteiger partial charge < -0.3 is 0 Å². The quantitative estimate of drug-likeness (QED) is 0.533. The largest absolute Gasteiger partial charge is 0.310 e. The summed E-state index contributed by atoms with van der Waals surface area (Å²) in [6, 6.07) is 0. The number of hydrogen-bond acceptors (Lipinski definition) is 4. The Morgan fingerprint density at radius 2 is 2.20 bits per heavy atom. The second kappa shape index (κ2) is 4.15. The van der Waals surface area contributed by atoms with Crippen LogP contribution in [0.4, 0.5) is 4.39 Å². The van der Waals surface area contributed by atoms with E-state index < -0.39 is 15.6 Å². The molecule has 3 nitrogen and oxygen atoms in total.